The van der Waals surface area contributed by atoms with Crippen molar-refractivity contribution in [3.05, 3.63) is 29.3 Å². The summed E-state index contributed by atoms with van der Waals surface area (Å²) in [6, 6.07) is 0. The van der Waals surface area contributed by atoms with E-state index in [4.69, 9.17) is 0 Å². The van der Waals surface area contributed by atoms with Gasteiger partial charge in [-0.3, -0.25) is 12.6 Å². The normalized spacial score (nSPS) is 16.9. The predicted molar refractivity (Wildman–Crippen MR) is 82.7 cm³/mol. The van der Waals surface area contributed by atoms with Gasteiger partial charge in [0.05, 0.1) is 0 Å². The number of halogens is 2. The Labute approximate surface area is 141 Å². The van der Waals surface area contributed by atoms with Gasteiger partial charge in [-0.15, -0.1) is 31.7 Å². The van der Waals surface area contributed by atoms with Gasteiger partial charge < -0.3 is 4.90 Å². The van der Waals surface area contributed by atoms with Gasteiger partial charge >= 0.3 is 21.7 Å². The maximum atomic E-state index is 3.36. The first kappa shape index (κ1) is 27.1. The average Bonchev–Trinajstić information content (AvgIpc) is 2.34. The second kappa shape index (κ2) is 14.1. The van der Waals surface area contributed by atoms with Gasteiger partial charge in [-0.1, -0.05) is 33.6 Å². The number of hydrogen-bond acceptors (Lipinski definition) is 1. The zero-order valence-corrected chi connectivity index (χ0v) is 15.8. The monoisotopic (exact) mass is 327 g/mol. The fourth-order valence-electron chi connectivity index (χ4n) is 1.53. The third-order valence-electron chi connectivity index (χ3n) is 2.78. The molecule has 1 aliphatic rings. The predicted octanol–water partition coefficient (Wildman–Crippen LogP) is 4.68. The van der Waals surface area contributed by atoms with E-state index in [0.717, 1.165) is 6.42 Å². The molecule has 0 aromatic heterocycles. The number of allylic oxidation sites excluding steroid dienone is 4. The molecule has 0 amide bonds. The molecule has 1 nitrogen and oxygen atoms in total. The molecule has 0 spiro atoms. The maximum Gasteiger partial charge on any atom is 2.00 e. The summed E-state index contributed by atoms with van der Waals surface area (Å²) in [6.45, 7) is 12.9. The molecule has 1 rings (SSSR count). The Morgan fingerprint density at radius 1 is 1.17 bits per heavy atom. The summed E-state index contributed by atoms with van der Waals surface area (Å²) < 4.78 is 0. The molecule has 0 fully saturated rings. The third kappa shape index (κ3) is 10.6. The van der Waals surface area contributed by atoms with Crippen molar-refractivity contribution >= 4 is 24.8 Å². The SMILES string of the molecule is CC1=[C-]C(C)C(C)=C1C.CC[CH-]N(C)C.Cl.Cl.[Ti+2]. The van der Waals surface area contributed by atoms with Gasteiger partial charge in [0, 0.05) is 0 Å². The summed E-state index contributed by atoms with van der Waals surface area (Å²) >= 11 is 0. The molecule has 106 valence electrons. The topological polar surface area (TPSA) is 3.24 Å². The average molecular weight is 328 g/mol. The van der Waals surface area contributed by atoms with E-state index in [1.165, 1.54) is 16.7 Å². The van der Waals surface area contributed by atoms with Crippen molar-refractivity contribution in [2.45, 2.75) is 41.0 Å². The van der Waals surface area contributed by atoms with E-state index in [9.17, 15) is 0 Å². The summed E-state index contributed by atoms with van der Waals surface area (Å²) in [7, 11) is 4.06. The van der Waals surface area contributed by atoms with Crippen molar-refractivity contribution in [3.63, 3.8) is 0 Å². The second-order valence-corrected chi connectivity index (χ2v) is 4.35. The smallest absolute Gasteiger partial charge is 0.462 e. The standard InChI is InChI=1S/C9H13.C5H12N.2ClH.Ti/c1-6-5-7(2)9(4)8(6)3;1-4-5-6(2)3;;;/h6H,1-4H3;5H,4H2,1-3H3;2*1H;/q2*-1;;;+2. The van der Waals surface area contributed by atoms with E-state index in [-0.39, 0.29) is 46.5 Å². The summed E-state index contributed by atoms with van der Waals surface area (Å²) in [6.07, 6.45) is 4.49. The van der Waals surface area contributed by atoms with Crippen molar-refractivity contribution in [2.75, 3.05) is 14.1 Å². The van der Waals surface area contributed by atoms with Gasteiger partial charge in [-0.2, -0.15) is 17.6 Å². The Morgan fingerprint density at radius 3 is 1.67 bits per heavy atom. The molecule has 0 saturated carbocycles. The first-order chi connectivity index (χ1) is 6.90. The van der Waals surface area contributed by atoms with Crippen LogP contribution >= 0.6 is 24.8 Å². The number of hydrogen-bond donors (Lipinski definition) is 0. The van der Waals surface area contributed by atoms with Gasteiger partial charge in [0.15, 0.2) is 0 Å². The fourth-order valence-corrected chi connectivity index (χ4v) is 1.53. The molecule has 0 aliphatic heterocycles. The molecule has 1 aliphatic carbocycles. The van der Waals surface area contributed by atoms with Crippen LogP contribution in [-0.4, -0.2) is 19.0 Å². The van der Waals surface area contributed by atoms with Gasteiger partial charge in [-0.05, 0) is 14.1 Å². The number of rotatable bonds is 2. The zero-order valence-electron chi connectivity index (χ0n) is 12.6. The van der Waals surface area contributed by atoms with Crippen molar-refractivity contribution in [3.8, 4) is 0 Å². The molecular formula is C14H27Cl2NTi. The van der Waals surface area contributed by atoms with Crippen LogP contribution in [0.1, 0.15) is 41.0 Å². The second-order valence-electron chi connectivity index (χ2n) is 4.35. The first-order valence-corrected chi connectivity index (χ1v) is 5.67. The van der Waals surface area contributed by atoms with E-state index in [1.807, 2.05) is 14.1 Å². The Hall–Kier alpha value is 0.734. The fraction of sp³-hybridized carbons (Fsp3) is 0.643. The molecule has 0 aromatic rings. The maximum absolute atomic E-state index is 3.36. The van der Waals surface area contributed by atoms with Crippen LogP contribution < -0.4 is 0 Å². The summed E-state index contributed by atoms with van der Waals surface area (Å²) in [5.41, 5.74) is 4.25. The molecule has 0 N–H and O–H groups in total. The summed E-state index contributed by atoms with van der Waals surface area (Å²) in [5.74, 6) is 0.560. The van der Waals surface area contributed by atoms with E-state index < -0.39 is 0 Å². The van der Waals surface area contributed by atoms with E-state index in [1.54, 1.807) is 0 Å². The molecule has 0 aromatic carbocycles. The van der Waals surface area contributed by atoms with Crippen molar-refractivity contribution < 1.29 is 21.7 Å². The molecule has 1 atom stereocenters. The molecular weight excluding hydrogens is 301 g/mol. The van der Waals surface area contributed by atoms with Crippen molar-refractivity contribution in [1.29, 1.82) is 0 Å². The molecule has 4 heteroatoms. The molecule has 0 radical (unpaired) electrons. The van der Waals surface area contributed by atoms with Crippen LogP contribution in [-0.2, 0) is 21.7 Å². The van der Waals surface area contributed by atoms with Gasteiger partial charge in [0.2, 0.25) is 0 Å². The minimum atomic E-state index is 0. The van der Waals surface area contributed by atoms with Gasteiger partial charge in [0.1, 0.15) is 0 Å². The van der Waals surface area contributed by atoms with E-state index >= 15 is 0 Å². The van der Waals surface area contributed by atoms with Crippen LogP contribution in [0.25, 0.3) is 0 Å². The Kier molecular flexibility index (Phi) is 21.3. The van der Waals surface area contributed by atoms with Crippen LogP contribution in [0.2, 0.25) is 0 Å². The van der Waals surface area contributed by atoms with Crippen LogP contribution in [0.5, 0.6) is 0 Å². The van der Waals surface area contributed by atoms with Gasteiger partial charge in [-0.25, -0.2) is 5.57 Å². The van der Waals surface area contributed by atoms with Crippen LogP contribution in [0, 0.1) is 18.5 Å². The molecule has 0 saturated heterocycles. The molecule has 0 heterocycles. The minimum Gasteiger partial charge on any atom is -0.462 e. The van der Waals surface area contributed by atoms with Crippen molar-refractivity contribution in [1.82, 2.24) is 4.90 Å². The third-order valence-corrected chi connectivity index (χ3v) is 2.78. The van der Waals surface area contributed by atoms with E-state index in [0.29, 0.717) is 5.92 Å². The van der Waals surface area contributed by atoms with E-state index in [2.05, 4.69) is 52.1 Å². The summed E-state index contributed by atoms with van der Waals surface area (Å²) in [4.78, 5) is 2.06. The number of nitrogens with zero attached hydrogens (tertiary/aromatic N) is 1. The summed E-state index contributed by atoms with van der Waals surface area (Å²) in [5, 5.41) is 0. The van der Waals surface area contributed by atoms with Crippen LogP contribution in [0.15, 0.2) is 16.7 Å². The Balaban J connectivity index is -0.0000000992. The molecule has 1 unspecified atom stereocenters. The van der Waals surface area contributed by atoms with Crippen molar-refractivity contribution in [2.24, 2.45) is 5.92 Å². The van der Waals surface area contributed by atoms with Crippen LogP contribution in [0.4, 0.5) is 0 Å². The molecule has 18 heavy (non-hydrogen) atoms. The van der Waals surface area contributed by atoms with Gasteiger partial charge in [0.25, 0.3) is 0 Å². The minimum absolute atomic E-state index is 0. The van der Waals surface area contributed by atoms with Crippen LogP contribution in [0.3, 0.4) is 0 Å². The molecule has 0 bridgehead atoms. The zero-order chi connectivity index (χ0) is 12.0. The first-order valence-electron chi connectivity index (χ1n) is 5.67. The largest absolute Gasteiger partial charge is 2.00 e. The quantitative estimate of drug-likeness (QED) is 0.525. The Bertz CT molecular complexity index is 261. The Morgan fingerprint density at radius 2 is 1.61 bits per heavy atom.